The molecule has 0 unspecified atom stereocenters. The van der Waals surface area contributed by atoms with Crippen LogP contribution in [0.2, 0.25) is 0 Å². The number of benzene rings is 1. The maximum absolute atomic E-state index is 13.6. The standard InChI is InChI=1S/C10H9ClFNO4/c1-2-17-10(14)9-7(12)3-6(5-11)4-8(9)13(15)16/h3-4H,2,5H2,1H3. The number of hydrogen-bond donors (Lipinski definition) is 0. The first-order chi connectivity index (χ1) is 8.01. The molecule has 5 nitrogen and oxygen atoms in total. The summed E-state index contributed by atoms with van der Waals surface area (Å²) in [6, 6.07) is 2.04. The largest absolute Gasteiger partial charge is 0.462 e. The molecule has 0 aliphatic rings. The van der Waals surface area contributed by atoms with E-state index in [0.717, 1.165) is 12.1 Å². The summed E-state index contributed by atoms with van der Waals surface area (Å²) in [5.74, 6) is -2.15. The van der Waals surface area contributed by atoms with E-state index in [4.69, 9.17) is 11.6 Å². The van der Waals surface area contributed by atoms with Crippen LogP contribution < -0.4 is 0 Å². The zero-order valence-electron chi connectivity index (χ0n) is 8.91. The van der Waals surface area contributed by atoms with Crippen LogP contribution in [0.15, 0.2) is 12.1 Å². The molecule has 0 amide bonds. The van der Waals surface area contributed by atoms with Crippen molar-refractivity contribution in [1.82, 2.24) is 0 Å². The van der Waals surface area contributed by atoms with Gasteiger partial charge in [0.1, 0.15) is 5.82 Å². The topological polar surface area (TPSA) is 69.4 Å². The van der Waals surface area contributed by atoms with E-state index in [1.54, 1.807) is 0 Å². The van der Waals surface area contributed by atoms with Crippen molar-refractivity contribution in [1.29, 1.82) is 0 Å². The maximum atomic E-state index is 13.6. The van der Waals surface area contributed by atoms with E-state index in [0.29, 0.717) is 0 Å². The number of hydrogen-bond acceptors (Lipinski definition) is 4. The number of nitro benzene ring substituents is 1. The van der Waals surface area contributed by atoms with E-state index in [-0.39, 0.29) is 18.1 Å². The Morgan fingerprint density at radius 2 is 2.24 bits per heavy atom. The van der Waals surface area contributed by atoms with Gasteiger partial charge in [-0.1, -0.05) is 0 Å². The fraction of sp³-hybridized carbons (Fsp3) is 0.300. The van der Waals surface area contributed by atoms with Crippen LogP contribution >= 0.6 is 11.6 Å². The van der Waals surface area contributed by atoms with Gasteiger partial charge in [0.15, 0.2) is 5.56 Å². The molecule has 17 heavy (non-hydrogen) atoms. The zero-order valence-corrected chi connectivity index (χ0v) is 9.66. The molecule has 0 aliphatic carbocycles. The van der Waals surface area contributed by atoms with Gasteiger partial charge in [0, 0.05) is 11.9 Å². The van der Waals surface area contributed by atoms with Crippen molar-refractivity contribution in [3.63, 3.8) is 0 Å². The van der Waals surface area contributed by atoms with Crippen LogP contribution in [0.5, 0.6) is 0 Å². The summed E-state index contributed by atoms with van der Waals surface area (Å²) < 4.78 is 18.1. The van der Waals surface area contributed by atoms with Crippen molar-refractivity contribution in [2.24, 2.45) is 0 Å². The predicted octanol–water partition coefficient (Wildman–Crippen LogP) is 2.65. The van der Waals surface area contributed by atoms with E-state index < -0.39 is 28.0 Å². The molecule has 0 saturated carbocycles. The number of carbonyl (C=O) groups excluding carboxylic acids is 1. The Morgan fingerprint density at radius 1 is 1.59 bits per heavy atom. The van der Waals surface area contributed by atoms with Gasteiger partial charge in [0.25, 0.3) is 5.69 Å². The fourth-order valence-corrected chi connectivity index (χ4v) is 1.43. The SMILES string of the molecule is CCOC(=O)c1c(F)cc(CCl)cc1[N+](=O)[O-]. The van der Waals surface area contributed by atoms with Gasteiger partial charge >= 0.3 is 5.97 Å². The lowest BCUT2D eigenvalue weighted by Crippen LogP contribution is -2.11. The Morgan fingerprint density at radius 3 is 2.71 bits per heavy atom. The Hall–Kier alpha value is -1.69. The van der Waals surface area contributed by atoms with Crippen LogP contribution in [0, 0.1) is 15.9 Å². The number of rotatable bonds is 4. The van der Waals surface area contributed by atoms with Crippen LogP contribution in [0.1, 0.15) is 22.8 Å². The second kappa shape index (κ2) is 5.58. The summed E-state index contributed by atoms with van der Waals surface area (Å²) in [5.41, 5.74) is -1.09. The van der Waals surface area contributed by atoms with Crippen molar-refractivity contribution in [3.8, 4) is 0 Å². The highest BCUT2D eigenvalue weighted by Gasteiger charge is 2.26. The normalized spacial score (nSPS) is 10.1. The van der Waals surface area contributed by atoms with E-state index >= 15 is 0 Å². The second-order valence-corrected chi connectivity index (χ2v) is 3.35. The molecular weight excluding hydrogens is 253 g/mol. The first-order valence-corrected chi connectivity index (χ1v) is 5.24. The third kappa shape index (κ3) is 2.91. The monoisotopic (exact) mass is 261 g/mol. The number of alkyl halides is 1. The molecule has 1 aromatic rings. The minimum absolute atomic E-state index is 0.00663. The third-order valence-corrected chi connectivity index (χ3v) is 2.27. The van der Waals surface area contributed by atoms with Gasteiger partial charge in [0.05, 0.1) is 11.5 Å². The van der Waals surface area contributed by atoms with Crippen molar-refractivity contribution < 1.29 is 18.8 Å². The highest BCUT2D eigenvalue weighted by atomic mass is 35.5. The maximum Gasteiger partial charge on any atom is 0.348 e. The number of halogens is 2. The van der Waals surface area contributed by atoms with Crippen molar-refractivity contribution in [2.45, 2.75) is 12.8 Å². The molecule has 0 heterocycles. The zero-order chi connectivity index (χ0) is 13.0. The molecule has 7 heteroatoms. The molecule has 0 fully saturated rings. The second-order valence-electron chi connectivity index (χ2n) is 3.08. The summed E-state index contributed by atoms with van der Waals surface area (Å²) >= 11 is 5.46. The van der Waals surface area contributed by atoms with Gasteiger partial charge < -0.3 is 4.74 Å². The summed E-state index contributed by atoms with van der Waals surface area (Å²) in [5, 5.41) is 10.7. The highest BCUT2D eigenvalue weighted by Crippen LogP contribution is 2.25. The molecule has 0 atom stereocenters. The van der Waals surface area contributed by atoms with Crippen LogP contribution in [-0.4, -0.2) is 17.5 Å². The minimum atomic E-state index is -1.06. The van der Waals surface area contributed by atoms with Gasteiger partial charge in [0.2, 0.25) is 0 Å². The van der Waals surface area contributed by atoms with Crippen LogP contribution in [0.25, 0.3) is 0 Å². The summed E-state index contributed by atoms with van der Waals surface area (Å²) in [6.07, 6.45) is 0. The molecular formula is C10H9ClFNO4. The fourth-order valence-electron chi connectivity index (χ4n) is 1.27. The van der Waals surface area contributed by atoms with E-state index in [2.05, 4.69) is 4.74 Å². The molecule has 0 radical (unpaired) electrons. The lowest BCUT2D eigenvalue weighted by molar-refractivity contribution is -0.385. The molecule has 0 spiro atoms. The van der Waals surface area contributed by atoms with Crippen LogP contribution in [0.3, 0.4) is 0 Å². The molecule has 1 aromatic carbocycles. The molecule has 92 valence electrons. The first-order valence-electron chi connectivity index (χ1n) is 4.71. The lowest BCUT2D eigenvalue weighted by atomic mass is 10.1. The van der Waals surface area contributed by atoms with Crippen molar-refractivity contribution in [3.05, 3.63) is 39.2 Å². The molecule has 0 bridgehead atoms. The van der Waals surface area contributed by atoms with Crippen LogP contribution in [-0.2, 0) is 10.6 Å². The van der Waals surface area contributed by atoms with Gasteiger partial charge in [-0.3, -0.25) is 10.1 Å². The first kappa shape index (κ1) is 13.4. The molecule has 0 aliphatic heterocycles. The minimum Gasteiger partial charge on any atom is -0.462 e. The van der Waals surface area contributed by atoms with Gasteiger partial charge in [-0.05, 0) is 18.6 Å². The number of carbonyl (C=O) groups is 1. The average molecular weight is 262 g/mol. The van der Waals surface area contributed by atoms with E-state index in [1.807, 2.05) is 0 Å². The summed E-state index contributed by atoms with van der Waals surface area (Å²) in [7, 11) is 0. The predicted molar refractivity (Wildman–Crippen MR) is 58.6 cm³/mol. The number of nitro groups is 1. The Bertz CT molecular complexity index is 464. The quantitative estimate of drug-likeness (QED) is 0.362. The number of nitrogens with zero attached hydrogens (tertiary/aromatic N) is 1. The number of esters is 1. The van der Waals surface area contributed by atoms with E-state index in [9.17, 15) is 19.3 Å². The Balaban J connectivity index is 3.36. The lowest BCUT2D eigenvalue weighted by Gasteiger charge is -2.05. The third-order valence-electron chi connectivity index (χ3n) is 1.96. The van der Waals surface area contributed by atoms with Crippen molar-refractivity contribution >= 4 is 23.3 Å². The Kier molecular flexibility index (Phi) is 4.39. The van der Waals surface area contributed by atoms with Gasteiger partial charge in [-0.2, -0.15) is 0 Å². The Labute approximate surface area is 101 Å². The molecule has 0 saturated heterocycles. The molecule has 0 aromatic heterocycles. The van der Waals surface area contributed by atoms with Gasteiger partial charge in [-0.25, -0.2) is 9.18 Å². The summed E-state index contributed by atoms with van der Waals surface area (Å²) in [4.78, 5) is 21.3. The average Bonchev–Trinajstić information content (AvgIpc) is 2.27. The summed E-state index contributed by atoms with van der Waals surface area (Å²) in [6.45, 7) is 1.53. The smallest absolute Gasteiger partial charge is 0.348 e. The van der Waals surface area contributed by atoms with E-state index in [1.165, 1.54) is 6.92 Å². The van der Waals surface area contributed by atoms with Crippen molar-refractivity contribution in [2.75, 3.05) is 6.61 Å². The van der Waals surface area contributed by atoms with Crippen LogP contribution in [0.4, 0.5) is 10.1 Å². The molecule has 0 N–H and O–H groups in total. The van der Waals surface area contributed by atoms with Gasteiger partial charge in [-0.15, -0.1) is 11.6 Å². The highest BCUT2D eigenvalue weighted by molar-refractivity contribution is 6.17. The number of ether oxygens (including phenoxy) is 1. The molecule has 1 rings (SSSR count).